The number of fused-ring (bicyclic) bond motifs is 1. The molecule has 2 N–H and O–H groups in total. The predicted molar refractivity (Wildman–Crippen MR) is 98.0 cm³/mol. The Morgan fingerprint density at radius 1 is 1.28 bits per heavy atom. The van der Waals surface area contributed by atoms with Crippen LogP contribution >= 0.6 is 0 Å². The van der Waals surface area contributed by atoms with Crippen LogP contribution in [-0.4, -0.2) is 32.4 Å². The molecule has 1 heterocycles. The van der Waals surface area contributed by atoms with E-state index in [0.29, 0.717) is 6.61 Å². The van der Waals surface area contributed by atoms with Crippen LogP contribution < -0.4 is 20.2 Å². The fourth-order valence-electron chi connectivity index (χ4n) is 2.35. The molecule has 0 radical (unpaired) electrons. The van der Waals surface area contributed by atoms with Crippen LogP contribution in [0.1, 0.15) is 5.56 Å². The number of benzene rings is 2. The van der Waals surface area contributed by atoms with Crippen molar-refractivity contribution >= 4 is 23.9 Å². The zero-order valence-corrected chi connectivity index (χ0v) is 13.9. The lowest BCUT2D eigenvalue weighted by Gasteiger charge is -2.15. The summed E-state index contributed by atoms with van der Waals surface area (Å²) in [5.41, 5.74) is 5.19. The second-order valence-corrected chi connectivity index (χ2v) is 5.42. The number of ether oxygens (including phenoxy) is 2. The molecular formula is C19H19N3O3. The van der Waals surface area contributed by atoms with Gasteiger partial charge in [-0.25, -0.2) is 5.43 Å². The Morgan fingerprint density at radius 3 is 3.04 bits per heavy atom. The van der Waals surface area contributed by atoms with Crippen LogP contribution in [0.4, 0.5) is 5.69 Å². The van der Waals surface area contributed by atoms with Crippen molar-refractivity contribution in [3.8, 4) is 11.5 Å². The molecule has 0 spiro atoms. The van der Waals surface area contributed by atoms with E-state index in [4.69, 9.17) is 9.47 Å². The van der Waals surface area contributed by atoms with E-state index < -0.39 is 0 Å². The van der Waals surface area contributed by atoms with Gasteiger partial charge in [0.1, 0.15) is 18.1 Å². The molecule has 6 nitrogen and oxygen atoms in total. The van der Waals surface area contributed by atoms with E-state index in [1.165, 1.54) is 0 Å². The van der Waals surface area contributed by atoms with Gasteiger partial charge in [0.15, 0.2) is 0 Å². The Kier molecular flexibility index (Phi) is 5.31. The molecule has 1 aliphatic heterocycles. The number of hydrogen-bond acceptors (Lipinski definition) is 5. The summed E-state index contributed by atoms with van der Waals surface area (Å²) >= 11 is 0. The Bertz CT molecular complexity index is 815. The van der Waals surface area contributed by atoms with Gasteiger partial charge in [-0.3, -0.25) is 4.79 Å². The molecule has 0 fully saturated rings. The number of hydrogen-bond donors (Lipinski definition) is 2. The van der Waals surface area contributed by atoms with Gasteiger partial charge in [-0.1, -0.05) is 24.3 Å². The van der Waals surface area contributed by atoms with Crippen molar-refractivity contribution in [1.29, 1.82) is 0 Å². The maximum absolute atomic E-state index is 11.8. The van der Waals surface area contributed by atoms with Crippen LogP contribution in [-0.2, 0) is 4.79 Å². The molecular weight excluding hydrogens is 318 g/mol. The minimum atomic E-state index is -0.239. The van der Waals surface area contributed by atoms with Crippen molar-refractivity contribution in [2.45, 2.75) is 0 Å². The van der Waals surface area contributed by atoms with Gasteiger partial charge in [0.25, 0.3) is 5.91 Å². The number of amides is 1. The molecule has 2 aromatic carbocycles. The first-order chi connectivity index (χ1) is 12.2. The first-order valence-corrected chi connectivity index (χ1v) is 7.87. The molecule has 0 aliphatic carbocycles. The number of anilines is 1. The molecule has 0 saturated heterocycles. The number of carbonyl (C=O) groups is 1. The normalized spacial score (nSPS) is 12.8. The number of rotatable bonds is 6. The molecule has 25 heavy (non-hydrogen) atoms. The highest BCUT2D eigenvalue weighted by molar-refractivity contribution is 5.89. The lowest BCUT2D eigenvalue weighted by Crippen LogP contribution is -2.26. The minimum Gasteiger partial charge on any atom is -0.497 e. The second kappa shape index (κ2) is 8.01. The van der Waals surface area contributed by atoms with Crippen LogP contribution in [0.2, 0.25) is 0 Å². The minimum absolute atomic E-state index is 0.114. The number of methoxy groups -OCH3 is 1. The predicted octanol–water partition coefficient (Wildman–Crippen LogP) is 2.69. The Labute approximate surface area is 146 Å². The van der Waals surface area contributed by atoms with Crippen LogP contribution in [0.3, 0.4) is 0 Å². The van der Waals surface area contributed by atoms with Gasteiger partial charge >= 0.3 is 0 Å². The molecule has 0 atom stereocenters. The summed E-state index contributed by atoms with van der Waals surface area (Å²) in [6.07, 6.45) is 3.59. The summed E-state index contributed by atoms with van der Waals surface area (Å²) < 4.78 is 10.8. The first kappa shape index (κ1) is 16.6. The quantitative estimate of drug-likeness (QED) is 0.628. The third-order valence-corrected chi connectivity index (χ3v) is 3.60. The summed E-state index contributed by atoms with van der Waals surface area (Å²) in [6, 6.07) is 15.1. The monoisotopic (exact) mass is 337 g/mol. The Morgan fingerprint density at radius 2 is 2.16 bits per heavy atom. The maximum atomic E-state index is 11.8. The third kappa shape index (κ3) is 4.60. The Hall–Kier alpha value is -3.28. The van der Waals surface area contributed by atoms with Crippen LogP contribution in [0.5, 0.6) is 11.5 Å². The number of nitrogens with one attached hydrogen (secondary N) is 2. The van der Waals surface area contributed by atoms with Crippen molar-refractivity contribution in [3.63, 3.8) is 0 Å². The van der Waals surface area contributed by atoms with Crippen molar-refractivity contribution in [1.82, 2.24) is 5.43 Å². The van der Waals surface area contributed by atoms with Crippen LogP contribution in [0.15, 0.2) is 59.2 Å². The van der Waals surface area contributed by atoms with E-state index in [2.05, 4.69) is 15.8 Å². The lowest BCUT2D eigenvalue weighted by molar-refractivity contribution is -0.119. The summed E-state index contributed by atoms with van der Waals surface area (Å²) in [4.78, 5) is 11.8. The van der Waals surface area contributed by atoms with Gasteiger partial charge in [0, 0.05) is 22.9 Å². The van der Waals surface area contributed by atoms with Crippen LogP contribution in [0.25, 0.3) is 6.08 Å². The summed E-state index contributed by atoms with van der Waals surface area (Å²) in [5, 5.41) is 6.99. The average molecular weight is 337 g/mol. The zero-order chi connectivity index (χ0) is 17.5. The average Bonchev–Trinajstić information content (AvgIpc) is 2.66. The van der Waals surface area contributed by atoms with E-state index in [1.807, 2.05) is 54.6 Å². The standard InChI is InChI=1S/C19H19N3O3/c1-24-17-7-4-6-16(10-17)20-12-19(23)22-21-11-14-9-15-5-2-3-8-18(15)25-13-14/h2-11,20H,12-13H2,1H3,(H,22,23)/b21-11+. The van der Waals surface area contributed by atoms with Gasteiger partial charge in [-0.2, -0.15) is 5.10 Å². The summed E-state index contributed by atoms with van der Waals surface area (Å²) in [7, 11) is 1.60. The smallest absolute Gasteiger partial charge is 0.259 e. The molecule has 3 rings (SSSR count). The molecule has 1 amide bonds. The molecule has 0 aromatic heterocycles. The molecule has 0 bridgehead atoms. The van der Waals surface area contributed by atoms with Crippen LogP contribution in [0, 0.1) is 0 Å². The molecule has 0 saturated carbocycles. The fourth-order valence-corrected chi connectivity index (χ4v) is 2.35. The van der Waals surface area contributed by atoms with Gasteiger partial charge in [0.2, 0.25) is 0 Å². The molecule has 128 valence electrons. The number of hydrazone groups is 1. The number of para-hydroxylation sites is 1. The zero-order valence-electron chi connectivity index (χ0n) is 13.9. The van der Waals surface area contributed by atoms with Crippen molar-refractivity contribution in [2.75, 3.05) is 25.6 Å². The highest BCUT2D eigenvalue weighted by Gasteiger charge is 2.09. The van der Waals surface area contributed by atoms with E-state index in [-0.39, 0.29) is 12.5 Å². The van der Waals surface area contributed by atoms with E-state index in [9.17, 15) is 4.79 Å². The largest absolute Gasteiger partial charge is 0.497 e. The first-order valence-electron chi connectivity index (χ1n) is 7.87. The molecule has 0 unspecified atom stereocenters. The van der Waals surface area contributed by atoms with Gasteiger partial charge in [-0.15, -0.1) is 0 Å². The van der Waals surface area contributed by atoms with Crippen molar-refractivity contribution < 1.29 is 14.3 Å². The second-order valence-electron chi connectivity index (χ2n) is 5.42. The topological polar surface area (TPSA) is 72.0 Å². The molecule has 6 heteroatoms. The summed E-state index contributed by atoms with van der Waals surface area (Å²) in [6.45, 7) is 0.543. The number of carbonyl (C=O) groups excluding carboxylic acids is 1. The van der Waals surface area contributed by atoms with E-state index in [0.717, 1.165) is 28.3 Å². The lowest BCUT2D eigenvalue weighted by atomic mass is 10.1. The van der Waals surface area contributed by atoms with Gasteiger partial charge in [-0.05, 0) is 24.3 Å². The summed E-state index contributed by atoms with van der Waals surface area (Å²) in [5.74, 6) is 1.34. The Balaban J connectivity index is 1.49. The van der Waals surface area contributed by atoms with E-state index in [1.54, 1.807) is 13.3 Å². The molecule has 1 aliphatic rings. The SMILES string of the molecule is COc1cccc(NCC(=O)N/N=C/C2=Cc3ccccc3OC2)c1. The number of nitrogens with zero attached hydrogens (tertiary/aromatic N) is 1. The maximum Gasteiger partial charge on any atom is 0.259 e. The fraction of sp³-hybridized carbons (Fsp3) is 0.158. The third-order valence-electron chi connectivity index (χ3n) is 3.60. The highest BCUT2D eigenvalue weighted by Crippen LogP contribution is 2.24. The van der Waals surface area contributed by atoms with Crippen molar-refractivity contribution in [3.05, 3.63) is 59.7 Å². The van der Waals surface area contributed by atoms with Crippen molar-refractivity contribution in [2.24, 2.45) is 5.10 Å². The molecule has 2 aromatic rings. The highest BCUT2D eigenvalue weighted by atomic mass is 16.5. The van der Waals surface area contributed by atoms with E-state index >= 15 is 0 Å². The van der Waals surface area contributed by atoms with Gasteiger partial charge < -0.3 is 14.8 Å². The van der Waals surface area contributed by atoms with Gasteiger partial charge in [0.05, 0.1) is 19.9 Å².